The highest BCUT2D eigenvalue weighted by molar-refractivity contribution is 6.31. The first-order chi connectivity index (χ1) is 14.9. The largest absolute Gasteiger partial charge is 0.393 e. The number of hydrazine groups is 1. The van der Waals surface area contributed by atoms with Crippen molar-refractivity contribution in [3.05, 3.63) is 34.9 Å². The van der Waals surface area contributed by atoms with Crippen LogP contribution in [0.1, 0.15) is 18.9 Å². The molecular formula is C21H30ClN7O2. The number of benzene rings is 1. The number of ether oxygens (including phenoxy) is 1. The number of nitrogens with zero attached hydrogens (tertiary/aromatic N) is 5. The first-order valence-corrected chi connectivity index (χ1v) is 10.9. The average molecular weight is 448 g/mol. The highest BCUT2D eigenvalue weighted by Gasteiger charge is 2.34. The monoisotopic (exact) mass is 447 g/mol. The molecule has 2 aliphatic rings. The van der Waals surface area contributed by atoms with E-state index < -0.39 is 5.60 Å². The van der Waals surface area contributed by atoms with Crippen molar-refractivity contribution >= 4 is 34.9 Å². The summed E-state index contributed by atoms with van der Waals surface area (Å²) in [6.45, 7) is 6.16. The molecule has 0 amide bonds. The number of anilines is 4. The Morgan fingerprint density at radius 1 is 1.23 bits per heavy atom. The zero-order valence-corrected chi connectivity index (χ0v) is 18.8. The number of aromatic nitrogens is 2. The van der Waals surface area contributed by atoms with Gasteiger partial charge in [-0.1, -0.05) is 29.8 Å². The Bertz CT molecular complexity index is 921. The lowest BCUT2D eigenvalue weighted by atomic mass is 10.1. The molecule has 9 nitrogen and oxygen atoms in total. The molecule has 1 aromatic carbocycles. The molecule has 31 heavy (non-hydrogen) atoms. The fourth-order valence-electron chi connectivity index (χ4n) is 3.97. The van der Waals surface area contributed by atoms with E-state index in [0.717, 1.165) is 5.56 Å². The standard InChI is InChI=1S/C21H30ClN7O2/c1-21(30)7-8-28(14-21)18-17(23)19(26-20(25-18)27-9-11-31-12-10-27)29(24-2)13-15-5-3-4-6-16(15)22/h3-6,24,30H,7-14,23H2,1-2H3/t21-/m0/s1. The summed E-state index contributed by atoms with van der Waals surface area (Å²) in [5.41, 5.74) is 10.5. The quantitative estimate of drug-likeness (QED) is 0.570. The van der Waals surface area contributed by atoms with Gasteiger partial charge in [0.25, 0.3) is 0 Å². The SMILES string of the molecule is CNN(Cc1ccccc1Cl)c1nc(N2CCOCC2)nc(N2CC[C@](C)(O)C2)c1N. The van der Waals surface area contributed by atoms with Crippen LogP contribution in [0.5, 0.6) is 0 Å². The molecule has 2 fully saturated rings. The van der Waals surface area contributed by atoms with Crippen LogP contribution in [0.25, 0.3) is 0 Å². The highest BCUT2D eigenvalue weighted by atomic mass is 35.5. The van der Waals surface area contributed by atoms with Gasteiger partial charge in [0.2, 0.25) is 5.95 Å². The van der Waals surface area contributed by atoms with E-state index in [1.807, 2.05) is 48.1 Å². The van der Waals surface area contributed by atoms with Gasteiger partial charge in [0.15, 0.2) is 11.6 Å². The Morgan fingerprint density at radius 3 is 2.61 bits per heavy atom. The normalized spacial score (nSPS) is 21.5. The van der Waals surface area contributed by atoms with Crippen LogP contribution in [0.4, 0.5) is 23.3 Å². The molecule has 1 aromatic heterocycles. The maximum Gasteiger partial charge on any atom is 0.229 e. The van der Waals surface area contributed by atoms with Gasteiger partial charge < -0.3 is 25.4 Å². The van der Waals surface area contributed by atoms with Crippen molar-refractivity contribution in [1.29, 1.82) is 0 Å². The molecule has 0 aliphatic carbocycles. The fraction of sp³-hybridized carbons (Fsp3) is 0.524. The van der Waals surface area contributed by atoms with Crippen molar-refractivity contribution in [2.75, 3.05) is 67.0 Å². The molecule has 2 saturated heterocycles. The van der Waals surface area contributed by atoms with Gasteiger partial charge in [0.05, 0.1) is 25.4 Å². The van der Waals surface area contributed by atoms with Crippen LogP contribution in [0.3, 0.4) is 0 Å². The number of nitrogens with one attached hydrogen (secondary N) is 1. The molecule has 0 bridgehead atoms. The number of morpholine rings is 1. The molecule has 2 aromatic rings. The van der Waals surface area contributed by atoms with Gasteiger partial charge >= 0.3 is 0 Å². The van der Waals surface area contributed by atoms with Gasteiger partial charge in [0, 0.05) is 38.2 Å². The third-order valence-corrected chi connectivity index (χ3v) is 6.12. The van der Waals surface area contributed by atoms with E-state index in [4.69, 9.17) is 32.0 Å². The maximum absolute atomic E-state index is 10.5. The number of hydrogen-bond donors (Lipinski definition) is 3. The minimum absolute atomic E-state index is 0.469. The molecule has 4 N–H and O–H groups in total. The van der Waals surface area contributed by atoms with Crippen LogP contribution in [0.2, 0.25) is 5.02 Å². The fourth-order valence-corrected chi connectivity index (χ4v) is 4.16. The Labute approximate surface area is 187 Å². The average Bonchev–Trinajstić information content (AvgIpc) is 3.13. The summed E-state index contributed by atoms with van der Waals surface area (Å²) in [7, 11) is 1.83. The van der Waals surface area contributed by atoms with Gasteiger partial charge in [-0.3, -0.25) is 5.01 Å². The van der Waals surface area contributed by atoms with Crippen LogP contribution in [-0.4, -0.2) is 67.1 Å². The lowest BCUT2D eigenvalue weighted by molar-refractivity contribution is 0.0839. The molecule has 0 spiro atoms. The van der Waals surface area contributed by atoms with Gasteiger partial charge in [-0.25, -0.2) is 5.43 Å². The zero-order valence-electron chi connectivity index (χ0n) is 18.0. The first-order valence-electron chi connectivity index (χ1n) is 10.5. The van der Waals surface area contributed by atoms with Crippen molar-refractivity contribution in [1.82, 2.24) is 15.4 Å². The Balaban J connectivity index is 1.74. The van der Waals surface area contributed by atoms with E-state index >= 15 is 0 Å². The summed E-state index contributed by atoms with van der Waals surface area (Å²) in [4.78, 5) is 13.8. The van der Waals surface area contributed by atoms with Crippen molar-refractivity contribution in [3.63, 3.8) is 0 Å². The summed E-state index contributed by atoms with van der Waals surface area (Å²) in [6, 6.07) is 7.70. The van der Waals surface area contributed by atoms with Gasteiger partial charge in [-0.05, 0) is 25.0 Å². The molecule has 1 atom stereocenters. The zero-order chi connectivity index (χ0) is 22.0. The minimum atomic E-state index is -0.767. The summed E-state index contributed by atoms with van der Waals surface area (Å²) in [5, 5.41) is 13.0. The number of aliphatic hydroxyl groups is 1. The second kappa shape index (κ2) is 9.04. The van der Waals surface area contributed by atoms with Crippen LogP contribution in [0.15, 0.2) is 24.3 Å². The summed E-state index contributed by atoms with van der Waals surface area (Å²) in [6.07, 6.45) is 0.661. The molecule has 10 heteroatoms. The second-order valence-electron chi connectivity index (χ2n) is 8.25. The van der Waals surface area contributed by atoms with E-state index in [2.05, 4.69) is 10.3 Å². The van der Waals surface area contributed by atoms with E-state index in [1.165, 1.54) is 0 Å². The topological polar surface area (TPSA) is 103 Å². The lowest BCUT2D eigenvalue weighted by Crippen LogP contribution is -2.40. The summed E-state index contributed by atoms with van der Waals surface area (Å²) in [5.74, 6) is 1.83. The molecule has 168 valence electrons. The van der Waals surface area contributed by atoms with Gasteiger partial charge in [0.1, 0.15) is 5.69 Å². The van der Waals surface area contributed by atoms with Crippen molar-refractivity contribution in [3.8, 4) is 0 Å². The predicted molar refractivity (Wildman–Crippen MR) is 124 cm³/mol. The number of nitrogens with two attached hydrogens (primary N) is 1. The van der Waals surface area contributed by atoms with Crippen LogP contribution < -0.4 is 26.0 Å². The molecule has 4 rings (SSSR count). The second-order valence-corrected chi connectivity index (χ2v) is 8.66. The van der Waals surface area contributed by atoms with Crippen molar-refractivity contribution in [2.24, 2.45) is 0 Å². The third kappa shape index (κ3) is 4.79. The van der Waals surface area contributed by atoms with E-state index in [0.29, 0.717) is 80.7 Å². The molecule has 2 aliphatic heterocycles. The van der Waals surface area contributed by atoms with E-state index in [9.17, 15) is 5.11 Å². The van der Waals surface area contributed by atoms with E-state index in [-0.39, 0.29) is 0 Å². The molecule has 0 saturated carbocycles. The summed E-state index contributed by atoms with van der Waals surface area (Å²) >= 11 is 6.40. The lowest BCUT2D eigenvalue weighted by Gasteiger charge is -2.31. The molecule has 0 radical (unpaired) electrons. The third-order valence-electron chi connectivity index (χ3n) is 5.75. The first kappa shape index (κ1) is 21.9. The van der Waals surface area contributed by atoms with Crippen molar-refractivity contribution in [2.45, 2.75) is 25.5 Å². The predicted octanol–water partition coefficient (Wildman–Crippen LogP) is 1.65. The molecular weight excluding hydrogens is 418 g/mol. The number of nitrogen functional groups attached to an aromatic ring is 1. The Morgan fingerprint density at radius 2 is 1.97 bits per heavy atom. The Hall–Kier alpha value is -2.33. The molecule has 0 unspecified atom stereocenters. The van der Waals surface area contributed by atoms with Gasteiger partial charge in [-0.2, -0.15) is 9.97 Å². The van der Waals surface area contributed by atoms with Crippen molar-refractivity contribution < 1.29 is 9.84 Å². The maximum atomic E-state index is 10.5. The smallest absolute Gasteiger partial charge is 0.229 e. The highest BCUT2D eigenvalue weighted by Crippen LogP contribution is 2.36. The van der Waals surface area contributed by atoms with Crippen LogP contribution in [0, 0.1) is 0 Å². The van der Waals surface area contributed by atoms with Gasteiger partial charge in [-0.15, -0.1) is 0 Å². The van der Waals surface area contributed by atoms with E-state index in [1.54, 1.807) is 0 Å². The number of hydrogen-bond acceptors (Lipinski definition) is 9. The number of halogens is 1. The number of β-amino-alcohol motifs (C(OH)–C–C–N with tert-alkyl or cyclic N) is 1. The Kier molecular flexibility index (Phi) is 6.38. The minimum Gasteiger partial charge on any atom is -0.393 e. The number of rotatable bonds is 6. The van der Waals surface area contributed by atoms with Crippen LogP contribution in [-0.2, 0) is 11.3 Å². The van der Waals surface area contributed by atoms with Crippen LogP contribution >= 0.6 is 11.6 Å². The molecule has 3 heterocycles. The summed E-state index contributed by atoms with van der Waals surface area (Å²) < 4.78 is 5.49.